The smallest absolute Gasteiger partial charge is 0.276 e. The normalized spacial score (nSPS) is 21.4. The molecule has 2 fully saturated rings. The first-order chi connectivity index (χ1) is 13.1. The Labute approximate surface area is 163 Å². The average Bonchev–Trinajstić information content (AvgIpc) is 3.39. The SMILES string of the molecule is CC1CCN(C(=O)C2CCCN(C(=O)c3cc(-c4cccs4)on3)C2)CC1. The number of hydrogen-bond donors (Lipinski definition) is 0. The van der Waals surface area contributed by atoms with Crippen molar-refractivity contribution in [2.24, 2.45) is 11.8 Å². The molecule has 0 aromatic carbocycles. The fourth-order valence-electron chi connectivity index (χ4n) is 3.92. The fourth-order valence-corrected chi connectivity index (χ4v) is 4.60. The Hall–Kier alpha value is -2.15. The molecule has 4 rings (SSSR count). The number of carbonyl (C=O) groups excluding carboxylic acids is 2. The zero-order chi connectivity index (χ0) is 18.8. The number of nitrogens with zero attached hydrogens (tertiary/aromatic N) is 3. The van der Waals surface area contributed by atoms with Gasteiger partial charge in [0.2, 0.25) is 5.91 Å². The Morgan fingerprint density at radius 3 is 2.74 bits per heavy atom. The molecule has 7 heteroatoms. The second-order valence-electron chi connectivity index (χ2n) is 7.65. The van der Waals surface area contributed by atoms with Gasteiger partial charge in [-0.05, 0) is 43.0 Å². The summed E-state index contributed by atoms with van der Waals surface area (Å²) in [6, 6.07) is 5.58. The van der Waals surface area contributed by atoms with E-state index < -0.39 is 0 Å². The maximum atomic E-state index is 12.9. The number of carbonyl (C=O) groups is 2. The minimum absolute atomic E-state index is 0.0974. The van der Waals surface area contributed by atoms with E-state index in [1.807, 2.05) is 22.4 Å². The largest absolute Gasteiger partial charge is 0.355 e. The average molecular weight is 388 g/mol. The summed E-state index contributed by atoms with van der Waals surface area (Å²) >= 11 is 1.55. The van der Waals surface area contributed by atoms with Crippen LogP contribution in [-0.2, 0) is 4.79 Å². The molecule has 1 atom stereocenters. The number of amides is 2. The van der Waals surface area contributed by atoms with Gasteiger partial charge in [-0.1, -0.05) is 18.1 Å². The van der Waals surface area contributed by atoms with Gasteiger partial charge in [0.25, 0.3) is 5.91 Å². The molecule has 2 aromatic rings. The minimum atomic E-state index is -0.147. The highest BCUT2D eigenvalue weighted by Crippen LogP contribution is 2.27. The zero-order valence-electron chi connectivity index (χ0n) is 15.6. The van der Waals surface area contributed by atoms with E-state index in [1.54, 1.807) is 22.3 Å². The lowest BCUT2D eigenvalue weighted by molar-refractivity contribution is -0.138. The van der Waals surface area contributed by atoms with Gasteiger partial charge in [-0.15, -0.1) is 11.3 Å². The van der Waals surface area contributed by atoms with Crippen LogP contribution in [0.1, 0.15) is 43.1 Å². The summed E-state index contributed by atoms with van der Waals surface area (Å²) in [6.07, 6.45) is 3.85. The lowest BCUT2D eigenvalue weighted by Crippen LogP contribution is -2.48. The Kier molecular flexibility index (Phi) is 5.29. The molecule has 0 radical (unpaired) electrons. The van der Waals surface area contributed by atoms with E-state index in [1.165, 1.54) is 0 Å². The van der Waals surface area contributed by atoms with Crippen molar-refractivity contribution in [1.82, 2.24) is 15.0 Å². The molecule has 27 heavy (non-hydrogen) atoms. The minimum Gasteiger partial charge on any atom is -0.355 e. The van der Waals surface area contributed by atoms with Crippen LogP contribution in [-0.4, -0.2) is 52.9 Å². The molecule has 0 aliphatic carbocycles. The Bertz CT molecular complexity index is 793. The number of thiophene rings is 1. The van der Waals surface area contributed by atoms with Crippen LogP contribution in [0.15, 0.2) is 28.1 Å². The fraction of sp³-hybridized carbons (Fsp3) is 0.550. The summed E-state index contributed by atoms with van der Waals surface area (Å²) in [5, 5.41) is 5.92. The Morgan fingerprint density at radius 2 is 2.00 bits per heavy atom. The predicted octanol–water partition coefficient (Wildman–Crippen LogP) is 3.51. The van der Waals surface area contributed by atoms with Crippen LogP contribution in [0.2, 0.25) is 0 Å². The number of piperidine rings is 2. The van der Waals surface area contributed by atoms with E-state index in [4.69, 9.17) is 4.52 Å². The molecule has 2 amide bonds. The molecule has 0 saturated carbocycles. The summed E-state index contributed by atoms with van der Waals surface area (Å²) in [6.45, 7) is 5.08. The van der Waals surface area contributed by atoms with Crippen LogP contribution in [0.5, 0.6) is 0 Å². The monoisotopic (exact) mass is 387 g/mol. The number of hydrogen-bond acceptors (Lipinski definition) is 5. The lowest BCUT2D eigenvalue weighted by Gasteiger charge is -2.37. The van der Waals surface area contributed by atoms with Gasteiger partial charge < -0.3 is 14.3 Å². The van der Waals surface area contributed by atoms with Crippen LogP contribution >= 0.6 is 11.3 Å². The molecule has 6 nitrogen and oxygen atoms in total. The van der Waals surface area contributed by atoms with Crippen LogP contribution in [0.3, 0.4) is 0 Å². The number of likely N-dealkylation sites (tertiary alicyclic amines) is 2. The molecule has 4 heterocycles. The first kappa shape index (κ1) is 18.2. The van der Waals surface area contributed by atoms with Crippen LogP contribution in [0.25, 0.3) is 10.6 Å². The maximum absolute atomic E-state index is 12.9. The van der Waals surface area contributed by atoms with Gasteiger partial charge in [0.15, 0.2) is 11.5 Å². The van der Waals surface area contributed by atoms with Crippen molar-refractivity contribution in [2.75, 3.05) is 26.2 Å². The van der Waals surface area contributed by atoms with Crippen molar-refractivity contribution in [1.29, 1.82) is 0 Å². The molecule has 1 unspecified atom stereocenters. The van der Waals surface area contributed by atoms with Gasteiger partial charge in [0, 0.05) is 32.2 Å². The second-order valence-corrected chi connectivity index (χ2v) is 8.60. The third-order valence-electron chi connectivity index (χ3n) is 5.65. The van der Waals surface area contributed by atoms with Crippen molar-refractivity contribution in [3.63, 3.8) is 0 Å². The van der Waals surface area contributed by atoms with Crippen molar-refractivity contribution in [2.45, 2.75) is 32.6 Å². The molecule has 2 aliphatic heterocycles. The first-order valence-corrected chi connectivity index (χ1v) is 10.6. The molecule has 2 aliphatic rings. The van der Waals surface area contributed by atoms with Gasteiger partial charge in [-0.25, -0.2) is 0 Å². The van der Waals surface area contributed by atoms with E-state index in [2.05, 4.69) is 12.1 Å². The number of rotatable bonds is 3. The summed E-state index contributed by atoms with van der Waals surface area (Å²) in [5.74, 6) is 1.27. The van der Waals surface area contributed by atoms with Crippen LogP contribution < -0.4 is 0 Å². The topological polar surface area (TPSA) is 66.7 Å². The second kappa shape index (κ2) is 7.84. The highest BCUT2D eigenvalue weighted by molar-refractivity contribution is 7.13. The van der Waals surface area contributed by atoms with Crippen molar-refractivity contribution in [3.8, 4) is 10.6 Å². The van der Waals surface area contributed by atoms with Gasteiger partial charge in [0.05, 0.1) is 10.8 Å². The van der Waals surface area contributed by atoms with Gasteiger partial charge in [-0.2, -0.15) is 0 Å². The molecule has 2 saturated heterocycles. The predicted molar refractivity (Wildman–Crippen MR) is 103 cm³/mol. The zero-order valence-corrected chi connectivity index (χ0v) is 16.4. The molecular formula is C20H25N3O3S. The molecule has 2 aromatic heterocycles. The molecule has 0 spiro atoms. The third kappa shape index (κ3) is 3.93. The van der Waals surface area contributed by atoms with Gasteiger partial charge >= 0.3 is 0 Å². The van der Waals surface area contributed by atoms with Crippen LogP contribution in [0, 0.1) is 11.8 Å². The Morgan fingerprint density at radius 1 is 1.19 bits per heavy atom. The van der Waals surface area contributed by atoms with E-state index in [0.717, 1.165) is 43.6 Å². The van der Waals surface area contributed by atoms with E-state index in [0.29, 0.717) is 30.5 Å². The first-order valence-electron chi connectivity index (χ1n) is 9.70. The quantitative estimate of drug-likeness (QED) is 0.808. The van der Waals surface area contributed by atoms with Gasteiger partial charge in [0.1, 0.15) is 0 Å². The molecule has 0 N–H and O–H groups in total. The maximum Gasteiger partial charge on any atom is 0.276 e. The van der Waals surface area contributed by atoms with Crippen molar-refractivity contribution >= 4 is 23.2 Å². The van der Waals surface area contributed by atoms with Crippen molar-refractivity contribution < 1.29 is 14.1 Å². The van der Waals surface area contributed by atoms with E-state index in [-0.39, 0.29) is 17.7 Å². The highest BCUT2D eigenvalue weighted by atomic mass is 32.1. The van der Waals surface area contributed by atoms with Crippen LogP contribution in [0.4, 0.5) is 0 Å². The highest BCUT2D eigenvalue weighted by Gasteiger charge is 2.33. The summed E-state index contributed by atoms with van der Waals surface area (Å²) in [4.78, 5) is 30.4. The standard InChI is InChI=1S/C20H25N3O3S/c1-14-6-9-22(10-7-14)19(24)15-4-2-8-23(13-15)20(25)16-12-17(26-21-16)18-5-3-11-27-18/h3,5,11-12,14-15H,2,4,6-10,13H2,1H3. The Balaban J connectivity index is 1.40. The lowest BCUT2D eigenvalue weighted by atomic mass is 9.93. The van der Waals surface area contributed by atoms with E-state index in [9.17, 15) is 9.59 Å². The van der Waals surface area contributed by atoms with Gasteiger partial charge in [-0.3, -0.25) is 9.59 Å². The summed E-state index contributed by atoms with van der Waals surface area (Å²) < 4.78 is 5.34. The molecule has 0 bridgehead atoms. The molecular weight excluding hydrogens is 362 g/mol. The third-order valence-corrected chi connectivity index (χ3v) is 6.53. The van der Waals surface area contributed by atoms with Crippen molar-refractivity contribution in [3.05, 3.63) is 29.3 Å². The summed E-state index contributed by atoms with van der Waals surface area (Å²) in [7, 11) is 0. The number of aromatic nitrogens is 1. The molecule has 144 valence electrons. The van der Waals surface area contributed by atoms with E-state index >= 15 is 0 Å². The summed E-state index contributed by atoms with van der Waals surface area (Å²) in [5.41, 5.74) is 0.318.